The number of carbonyl (C=O) groups excluding carboxylic acids is 1. The molecule has 7 rings (SSSR count). The van der Waals surface area contributed by atoms with Gasteiger partial charge in [0.05, 0.1) is 69.4 Å². The number of fused-ring (bicyclic) bond motifs is 2. The molecule has 0 radical (unpaired) electrons. The molecule has 3 atom stereocenters. The summed E-state index contributed by atoms with van der Waals surface area (Å²) >= 11 is 0. The molecular formula is C46H49N3O6. The van der Waals surface area contributed by atoms with E-state index in [0.29, 0.717) is 46.1 Å². The molecule has 3 heterocycles. The summed E-state index contributed by atoms with van der Waals surface area (Å²) in [4.78, 5) is 24.4. The van der Waals surface area contributed by atoms with E-state index < -0.39 is 23.9 Å². The number of nitrogens with zero attached hydrogens (tertiary/aromatic N) is 3. The molecule has 0 N–H and O–H groups in total. The highest BCUT2D eigenvalue weighted by Crippen LogP contribution is 2.36. The first-order chi connectivity index (χ1) is 26.8. The fourth-order valence-electron chi connectivity index (χ4n) is 6.90. The maximum atomic E-state index is 13.6. The van der Waals surface area contributed by atoms with Crippen molar-refractivity contribution in [1.82, 2.24) is 14.9 Å². The third-order valence-corrected chi connectivity index (χ3v) is 9.60. The Balaban J connectivity index is 1.10. The van der Waals surface area contributed by atoms with Crippen LogP contribution in [0.1, 0.15) is 55.4 Å². The Labute approximate surface area is 323 Å². The minimum absolute atomic E-state index is 0.198. The summed E-state index contributed by atoms with van der Waals surface area (Å²) in [7, 11) is 0. The quantitative estimate of drug-likeness (QED) is 0.102. The normalized spacial score (nSPS) is 17.4. The lowest BCUT2D eigenvalue weighted by Gasteiger charge is -2.43. The number of piperidine rings is 1. The Hall–Kier alpha value is -5.35. The molecule has 0 bridgehead atoms. The number of hydrogen-bond acceptors (Lipinski definition) is 8. The first-order valence-corrected chi connectivity index (χ1v) is 19.0. The number of aromatic nitrogens is 2. The third kappa shape index (κ3) is 10.5. The van der Waals surface area contributed by atoms with Crippen LogP contribution in [-0.2, 0) is 38.8 Å². The van der Waals surface area contributed by atoms with Gasteiger partial charge in [0.1, 0.15) is 11.4 Å². The number of rotatable bonds is 14. The van der Waals surface area contributed by atoms with Crippen molar-refractivity contribution < 1.29 is 28.5 Å². The molecule has 55 heavy (non-hydrogen) atoms. The fourth-order valence-corrected chi connectivity index (χ4v) is 6.90. The first kappa shape index (κ1) is 37.9. The van der Waals surface area contributed by atoms with E-state index in [4.69, 9.17) is 23.7 Å². The number of pyridine rings is 2. The van der Waals surface area contributed by atoms with Crippen LogP contribution in [0, 0.1) is 0 Å². The van der Waals surface area contributed by atoms with Crippen LogP contribution < -0.4 is 4.74 Å². The van der Waals surface area contributed by atoms with Crippen molar-refractivity contribution in [3.05, 3.63) is 150 Å². The zero-order valence-electron chi connectivity index (χ0n) is 31.8. The van der Waals surface area contributed by atoms with Gasteiger partial charge in [-0.3, -0.25) is 9.97 Å². The molecule has 1 unspecified atom stereocenters. The zero-order valence-corrected chi connectivity index (χ0v) is 31.8. The Morgan fingerprint density at radius 1 is 0.673 bits per heavy atom. The highest BCUT2D eigenvalue weighted by atomic mass is 16.6. The van der Waals surface area contributed by atoms with Crippen molar-refractivity contribution in [3.8, 4) is 5.75 Å². The summed E-state index contributed by atoms with van der Waals surface area (Å²) in [6.07, 6.45) is 3.16. The monoisotopic (exact) mass is 739 g/mol. The van der Waals surface area contributed by atoms with Gasteiger partial charge in [0.2, 0.25) is 0 Å². The van der Waals surface area contributed by atoms with Crippen LogP contribution in [0.5, 0.6) is 5.75 Å². The van der Waals surface area contributed by atoms with Crippen LogP contribution in [0.15, 0.2) is 128 Å². The molecule has 284 valence electrons. The number of benzene rings is 4. The molecule has 1 amide bonds. The smallest absolute Gasteiger partial charge is 0.410 e. The number of ether oxygens (including phenoxy) is 5. The minimum Gasteiger partial charge on any atom is -0.494 e. The Kier molecular flexibility index (Phi) is 12.3. The molecule has 2 aromatic heterocycles. The van der Waals surface area contributed by atoms with E-state index in [1.54, 1.807) is 17.3 Å². The van der Waals surface area contributed by atoms with Crippen molar-refractivity contribution in [1.29, 1.82) is 0 Å². The van der Waals surface area contributed by atoms with Crippen molar-refractivity contribution in [2.24, 2.45) is 0 Å². The molecule has 4 aromatic carbocycles. The molecule has 0 saturated carbocycles. The average molecular weight is 740 g/mol. The van der Waals surface area contributed by atoms with Gasteiger partial charge in [-0.15, -0.1) is 0 Å². The molecule has 9 nitrogen and oxygen atoms in total. The fraction of sp³-hybridized carbons (Fsp3) is 0.326. The second-order valence-electron chi connectivity index (χ2n) is 15.0. The molecule has 0 aliphatic carbocycles. The highest BCUT2D eigenvalue weighted by molar-refractivity contribution is 5.79. The minimum atomic E-state index is -0.652. The lowest BCUT2D eigenvalue weighted by molar-refractivity contribution is -0.1000. The second-order valence-corrected chi connectivity index (χ2v) is 15.0. The molecule has 1 fully saturated rings. The van der Waals surface area contributed by atoms with Crippen LogP contribution in [0.25, 0.3) is 21.8 Å². The number of carbonyl (C=O) groups is 1. The van der Waals surface area contributed by atoms with Crippen molar-refractivity contribution in [3.63, 3.8) is 0 Å². The summed E-state index contributed by atoms with van der Waals surface area (Å²) in [5, 5.41) is 2.13. The van der Waals surface area contributed by atoms with Gasteiger partial charge in [-0.1, -0.05) is 78.9 Å². The van der Waals surface area contributed by atoms with Crippen molar-refractivity contribution in [2.75, 3.05) is 26.3 Å². The summed E-state index contributed by atoms with van der Waals surface area (Å²) in [5.74, 6) is 0.580. The largest absolute Gasteiger partial charge is 0.494 e. The molecule has 9 heteroatoms. The molecule has 6 aromatic rings. The molecule has 0 spiro atoms. The van der Waals surface area contributed by atoms with Gasteiger partial charge in [-0.05, 0) is 79.4 Å². The van der Waals surface area contributed by atoms with Crippen molar-refractivity contribution in [2.45, 2.75) is 70.7 Å². The lowest BCUT2D eigenvalue weighted by atomic mass is 9.84. The van der Waals surface area contributed by atoms with Crippen LogP contribution in [0.4, 0.5) is 4.79 Å². The Morgan fingerprint density at radius 2 is 1.27 bits per heavy atom. The van der Waals surface area contributed by atoms with Crippen LogP contribution >= 0.6 is 0 Å². The topological polar surface area (TPSA) is 92.2 Å². The van der Waals surface area contributed by atoms with E-state index in [-0.39, 0.29) is 5.92 Å². The standard InChI is InChI=1S/C46H49N3O6/c1-46(2,3)55-45(50)49-28-42(53-31-34-14-16-36-12-7-22-47-40(36)26-34)44(43(29-49)54-32-35-15-17-37-13-8-23-48-41(37)27-35)38-18-20-39(21-19-38)52-25-9-24-51-30-33-10-5-4-6-11-33/h4-8,10-23,26-27,42-44H,9,24-25,28-32H2,1-3H3/t42-,43+,44?. The highest BCUT2D eigenvalue weighted by Gasteiger charge is 2.42. The van der Waals surface area contributed by atoms with E-state index in [1.807, 2.05) is 75.4 Å². The lowest BCUT2D eigenvalue weighted by Crippen LogP contribution is -2.55. The summed E-state index contributed by atoms with van der Waals surface area (Å²) in [6.45, 7) is 8.73. The van der Waals surface area contributed by atoms with Crippen molar-refractivity contribution >= 4 is 27.9 Å². The van der Waals surface area contributed by atoms with E-state index in [0.717, 1.165) is 56.2 Å². The van der Waals surface area contributed by atoms with E-state index in [9.17, 15) is 4.79 Å². The van der Waals surface area contributed by atoms with Crippen LogP contribution in [0.3, 0.4) is 0 Å². The number of likely N-dealkylation sites (tertiary alicyclic amines) is 1. The maximum absolute atomic E-state index is 13.6. The first-order valence-electron chi connectivity index (χ1n) is 19.0. The zero-order chi connectivity index (χ0) is 38.0. The molecule has 1 saturated heterocycles. The van der Waals surface area contributed by atoms with E-state index in [2.05, 4.69) is 70.6 Å². The number of amides is 1. The average Bonchev–Trinajstić information content (AvgIpc) is 3.20. The Bertz CT molecular complexity index is 2060. The molecular weight excluding hydrogens is 691 g/mol. The molecule has 1 aliphatic heterocycles. The van der Waals surface area contributed by atoms with Gasteiger partial charge in [0.25, 0.3) is 0 Å². The predicted molar refractivity (Wildman–Crippen MR) is 214 cm³/mol. The summed E-state index contributed by atoms with van der Waals surface area (Å²) in [6, 6.07) is 38.6. The third-order valence-electron chi connectivity index (χ3n) is 9.60. The summed E-state index contributed by atoms with van der Waals surface area (Å²) in [5.41, 5.74) is 5.35. The molecule has 1 aliphatic rings. The SMILES string of the molecule is CC(C)(C)OC(=O)N1C[C@H](OCc2ccc3cccnc3c2)C(c2ccc(OCCCOCc3ccccc3)cc2)[C@H](OCc2ccc3cccnc3c2)C1. The van der Waals surface area contributed by atoms with E-state index in [1.165, 1.54) is 0 Å². The van der Waals surface area contributed by atoms with Gasteiger partial charge in [-0.25, -0.2) is 4.79 Å². The Morgan fingerprint density at radius 3 is 1.85 bits per heavy atom. The van der Waals surface area contributed by atoms with Gasteiger partial charge in [0.15, 0.2) is 0 Å². The van der Waals surface area contributed by atoms with Gasteiger partial charge in [0, 0.05) is 35.5 Å². The number of hydrogen-bond donors (Lipinski definition) is 0. The van der Waals surface area contributed by atoms with E-state index >= 15 is 0 Å². The maximum Gasteiger partial charge on any atom is 0.410 e. The van der Waals surface area contributed by atoms with Gasteiger partial charge < -0.3 is 28.6 Å². The van der Waals surface area contributed by atoms with Gasteiger partial charge in [-0.2, -0.15) is 0 Å². The van der Waals surface area contributed by atoms with Crippen LogP contribution in [0.2, 0.25) is 0 Å². The second kappa shape index (κ2) is 17.9. The summed E-state index contributed by atoms with van der Waals surface area (Å²) < 4.78 is 31.4. The van der Waals surface area contributed by atoms with Crippen LogP contribution in [-0.4, -0.2) is 65.1 Å². The van der Waals surface area contributed by atoms with Gasteiger partial charge >= 0.3 is 6.09 Å². The predicted octanol–water partition coefficient (Wildman–Crippen LogP) is 9.27.